The van der Waals surface area contributed by atoms with E-state index in [0.717, 1.165) is 23.7 Å². The summed E-state index contributed by atoms with van der Waals surface area (Å²) in [5, 5.41) is 0. The fourth-order valence-corrected chi connectivity index (χ4v) is 3.45. The lowest BCUT2D eigenvalue weighted by molar-refractivity contribution is 0.173. The van der Waals surface area contributed by atoms with E-state index >= 15 is 0 Å². The van der Waals surface area contributed by atoms with Crippen LogP contribution < -0.4 is 5.73 Å². The first-order valence-electron chi connectivity index (χ1n) is 6.10. The molecule has 0 aliphatic heterocycles. The van der Waals surface area contributed by atoms with E-state index in [9.17, 15) is 0 Å². The fraction of sp³-hybridized carbons (Fsp3) is 1.00. The van der Waals surface area contributed by atoms with Crippen LogP contribution in [0.2, 0.25) is 0 Å². The lowest BCUT2D eigenvalue weighted by Gasteiger charge is -2.37. The second-order valence-electron chi connectivity index (χ2n) is 5.60. The minimum atomic E-state index is 0.565. The van der Waals surface area contributed by atoms with Crippen LogP contribution in [0, 0.1) is 23.7 Å². The first-order chi connectivity index (χ1) is 6.34. The zero-order valence-electron chi connectivity index (χ0n) is 8.41. The number of nitrogens with two attached hydrogens (primary N) is 1. The van der Waals surface area contributed by atoms with Gasteiger partial charge in [0.2, 0.25) is 0 Å². The van der Waals surface area contributed by atoms with E-state index in [0.29, 0.717) is 6.04 Å². The molecule has 2 N–H and O–H groups in total. The summed E-state index contributed by atoms with van der Waals surface area (Å²) in [6, 6.07) is 0.565. The summed E-state index contributed by atoms with van der Waals surface area (Å²) in [6.45, 7) is 0. The van der Waals surface area contributed by atoms with Gasteiger partial charge in [-0.3, -0.25) is 0 Å². The molecule has 1 nitrogen and oxygen atoms in total. The first-order valence-corrected chi connectivity index (χ1v) is 6.10. The van der Waals surface area contributed by atoms with Gasteiger partial charge in [0, 0.05) is 6.04 Å². The van der Waals surface area contributed by atoms with Crippen LogP contribution in [-0.2, 0) is 0 Å². The number of fused-ring (bicyclic) bond motifs is 1. The molecule has 0 aromatic heterocycles. The van der Waals surface area contributed by atoms with Crippen LogP contribution in [0.25, 0.3) is 0 Å². The van der Waals surface area contributed by atoms with Gasteiger partial charge in [0.05, 0.1) is 0 Å². The van der Waals surface area contributed by atoms with Crippen molar-refractivity contribution in [2.75, 3.05) is 0 Å². The summed E-state index contributed by atoms with van der Waals surface area (Å²) in [5.41, 5.74) is 6.33. The minimum Gasteiger partial charge on any atom is -0.327 e. The highest BCUT2D eigenvalue weighted by molar-refractivity contribution is 4.96. The van der Waals surface area contributed by atoms with Gasteiger partial charge >= 0.3 is 0 Å². The summed E-state index contributed by atoms with van der Waals surface area (Å²) >= 11 is 0. The van der Waals surface area contributed by atoms with Crippen LogP contribution in [0.15, 0.2) is 0 Å². The molecule has 3 aliphatic carbocycles. The number of rotatable bonds is 2. The quantitative estimate of drug-likeness (QED) is 0.692. The van der Waals surface area contributed by atoms with Crippen molar-refractivity contribution in [2.24, 2.45) is 29.4 Å². The molecule has 3 fully saturated rings. The molecule has 0 amide bonds. The summed E-state index contributed by atoms with van der Waals surface area (Å²) in [4.78, 5) is 0. The van der Waals surface area contributed by atoms with Crippen LogP contribution in [-0.4, -0.2) is 6.04 Å². The predicted octanol–water partition coefficient (Wildman–Crippen LogP) is 2.55. The van der Waals surface area contributed by atoms with E-state index in [2.05, 4.69) is 0 Å². The van der Waals surface area contributed by atoms with Crippen molar-refractivity contribution in [1.82, 2.24) is 0 Å². The Morgan fingerprint density at radius 3 is 2.31 bits per heavy atom. The van der Waals surface area contributed by atoms with E-state index in [1.54, 1.807) is 0 Å². The molecule has 4 unspecified atom stereocenters. The highest BCUT2D eigenvalue weighted by Crippen LogP contribution is 2.53. The largest absolute Gasteiger partial charge is 0.327 e. The molecule has 3 rings (SSSR count). The van der Waals surface area contributed by atoms with Crippen LogP contribution >= 0.6 is 0 Å². The van der Waals surface area contributed by atoms with Gasteiger partial charge in [-0.05, 0) is 62.2 Å². The average molecular weight is 179 g/mol. The lowest BCUT2D eigenvalue weighted by atomic mass is 9.71. The molecule has 13 heavy (non-hydrogen) atoms. The minimum absolute atomic E-state index is 0.565. The molecule has 0 spiro atoms. The Hall–Kier alpha value is -0.0400. The van der Waals surface area contributed by atoms with Gasteiger partial charge in [0.25, 0.3) is 0 Å². The Morgan fingerprint density at radius 1 is 0.846 bits per heavy atom. The molecule has 0 saturated heterocycles. The van der Waals surface area contributed by atoms with Crippen molar-refractivity contribution in [3.8, 4) is 0 Å². The monoisotopic (exact) mass is 179 g/mol. The lowest BCUT2D eigenvalue weighted by Crippen LogP contribution is -2.41. The maximum atomic E-state index is 6.33. The van der Waals surface area contributed by atoms with Crippen LogP contribution in [0.1, 0.15) is 44.9 Å². The van der Waals surface area contributed by atoms with E-state index < -0.39 is 0 Å². The van der Waals surface area contributed by atoms with Crippen LogP contribution in [0.3, 0.4) is 0 Å². The van der Waals surface area contributed by atoms with E-state index in [1.165, 1.54) is 44.9 Å². The van der Waals surface area contributed by atoms with Crippen molar-refractivity contribution in [3.63, 3.8) is 0 Å². The standard InChI is InChI=1S/C12H21N/c13-12(8-2-1-3-8)10-5-4-9-6-11(9)7-10/h8-12H,1-7,13H2. The van der Waals surface area contributed by atoms with Crippen molar-refractivity contribution in [2.45, 2.75) is 51.0 Å². The van der Waals surface area contributed by atoms with Gasteiger partial charge in [-0.25, -0.2) is 0 Å². The maximum Gasteiger partial charge on any atom is 0.00957 e. The van der Waals surface area contributed by atoms with Crippen molar-refractivity contribution in [3.05, 3.63) is 0 Å². The van der Waals surface area contributed by atoms with Crippen LogP contribution in [0.5, 0.6) is 0 Å². The summed E-state index contributed by atoms with van der Waals surface area (Å²) in [5.74, 6) is 4.03. The molecule has 0 radical (unpaired) electrons. The highest BCUT2D eigenvalue weighted by atomic mass is 14.7. The molecule has 0 bridgehead atoms. The van der Waals surface area contributed by atoms with Gasteiger partial charge in [0.1, 0.15) is 0 Å². The molecular weight excluding hydrogens is 158 g/mol. The van der Waals surface area contributed by atoms with Crippen LogP contribution in [0.4, 0.5) is 0 Å². The Morgan fingerprint density at radius 2 is 1.69 bits per heavy atom. The first kappa shape index (κ1) is 8.28. The number of hydrogen-bond donors (Lipinski definition) is 1. The third-order valence-electron chi connectivity index (χ3n) is 4.82. The summed E-state index contributed by atoms with van der Waals surface area (Å²) in [7, 11) is 0. The number of hydrogen-bond acceptors (Lipinski definition) is 1. The Labute approximate surface area is 81.1 Å². The molecule has 3 aliphatic rings. The Kier molecular flexibility index (Phi) is 1.90. The average Bonchev–Trinajstić information content (AvgIpc) is 2.77. The van der Waals surface area contributed by atoms with Gasteiger partial charge < -0.3 is 5.73 Å². The van der Waals surface area contributed by atoms with Gasteiger partial charge in [-0.1, -0.05) is 6.42 Å². The normalized spacial score (nSPS) is 46.4. The molecule has 3 saturated carbocycles. The van der Waals surface area contributed by atoms with Crippen molar-refractivity contribution >= 4 is 0 Å². The molecular formula is C12H21N. The molecule has 74 valence electrons. The fourth-order valence-electron chi connectivity index (χ4n) is 3.45. The molecule has 0 aromatic rings. The Balaban J connectivity index is 1.57. The maximum absolute atomic E-state index is 6.33. The second-order valence-corrected chi connectivity index (χ2v) is 5.60. The van der Waals surface area contributed by atoms with Crippen molar-refractivity contribution < 1.29 is 0 Å². The van der Waals surface area contributed by atoms with Gasteiger partial charge in [-0.15, -0.1) is 0 Å². The van der Waals surface area contributed by atoms with Crippen molar-refractivity contribution in [1.29, 1.82) is 0 Å². The topological polar surface area (TPSA) is 26.0 Å². The van der Waals surface area contributed by atoms with E-state index in [4.69, 9.17) is 5.73 Å². The molecule has 4 atom stereocenters. The second kappa shape index (κ2) is 2.98. The summed E-state index contributed by atoms with van der Waals surface area (Å²) < 4.78 is 0. The summed E-state index contributed by atoms with van der Waals surface area (Å²) in [6.07, 6.45) is 10.2. The smallest absolute Gasteiger partial charge is 0.00957 e. The molecule has 0 aromatic carbocycles. The highest BCUT2D eigenvalue weighted by Gasteiger charge is 2.44. The third kappa shape index (κ3) is 1.41. The van der Waals surface area contributed by atoms with E-state index in [-0.39, 0.29) is 0 Å². The SMILES string of the molecule is NC(C1CCC1)C1CCC2CC2C1. The zero-order chi connectivity index (χ0) is 8.84. The predicted molar refractivity (Wildman–Crippen MR) is 54.3 cm³/mol. The van der Waals surface area contributed by atoms with Gasteiger partial charge in [-0.2, -0.15) is 0 Å². The Bertz CT molecular complexity index is 197. The van der Waals surface area contributed by atoms with E-state index in [1.807, 2.05) is 0 Å². The molecule has 1 heteroatoms. The zero-order valence-corrected chi connectivity index (χ0v) is 8.41. The third-order valence-corrected chi connectivity index (χ3v) is 4.82. The van der Waals surface area contributed by atoms with Gasteiger partial charge in [0.15, 0.2) is 0 Å². The molecule has 0 heterocycles.